The van der Waals surface area contributed by atoms with E-state index in [-0.39, 0.29) is 5.56 Å². The number of nitrogens with one attached hydrogen (secondary N) is 1. The Balaban J connectivity index is 1.88. The zero-order valence-corrected chi connectivity index (χ0v) is 14.7. The fourth-order valence-electron chi connectivity index (χ4n) is 3.14. The molecule has 3 rings (SSSR count). The van der Waals surface area contributed by atoms with Crippen LogP contribution in [0.1, 0.15) is 27.9 Å². The molecule has 0 saturated heterocycles. The van der Waals surface area contributed by atoms with E-state index in [4.69, 9.17) is 0 Å². The Hall–Kier alpha value is -2.46. The van der Waals surface area contributed by atoms with Crippen molar-refractivity contribution in [1.29, 1.82) is 0 Å². The molecule has 0 spiro atoms. The Morgan fingerprint density at radius 3 is 2.62 bits per heavy atom. The first-order valence-electron chi connectivity index (χ1n) is 8.16. The van der Waals surface area contributed by atoms with Crippen LogP contribution in [0.3, 0.4) is 0 Å². The number of rotatable bonds is 4. The third-order valence-electron chi connectivity index (χ3n) is 4.35. The predicted octanol–water partition coefficient (Wildman–Crippen LogP) is 3.48. The summed E-state index contributed by atoms with van der Waals surface area (Å²) in [5.41, 5.74) is 6.22. The third kappa shape index (κ3) is 3.39. The number of hydrogen-bond acceptors (Lipinski definition) is 3. The van der Waals surface area contributed by atoms with Gasteiger partial charge in [0, 0.05) is 24.8 Å². The number of benzene rings is 1. The lowest BCUT2D eigenvalue weighted by Gasteiger charge is -2.17. The average molecular weight is 321 g/mol. The summed E-state index contributed by atoms with van der Waals surface area (Å²) in [5.74, 6) is 0. The molecule has 0 amide bonds. The van der Waals surface area contributed by atoms with Gasteiger partial charge >= 0.3 is 0 Å². The van der Waals surface area contributed by atoms with Crippen molar-refractivity contribution in [2.45, 2.75) is 33.9 Å². The van der Waals surface area contributed by atoms with Crippen molar-refractivity contribution in [3.05, 3.63) is 74.8 Å². The van der Waals surface area contributed by atoms with Gasteiger partial charge in [0.15, 0.2) is 0 Å². The summed E-state index contributed by atoms with van der Waals surface area (Å²) < 4.78 is 0. The molecule has 0 unspecified atom stereocenters. The molecule has 2 aromatic heterocycles. The summed E-state index contributed by atoms with van der Waals surface area (Å²) in [6.07, 6.45) is 1.81. The summed E-state index contributed by atoms with van der Waals surface area (Å²) in [6.45, 7) is 7.48. The maximum Gasteiger partial charge on any atom is 0.252 e. The molecule has 0 aliphatic carbocycles. The van der Waals surface area contributed by atoms with Crippen molar-refractivity contribution < 1.29 is 0 Å². The van der Waals surface area contributed by atoms with Gasteiger partial charge in [-0.3, -0.25) is 14.7 Å². The lowest BCUT2D eigenvalue weighted by atomic mass is 10.1. The van der Waals surface area contributed by atoms with E-state index < -0.39 is 0 Å². The number of aromatic nitrogens is 2. The minimum atomic E-state index is -0.0148. The van der Waals surface area contributed by atoms with Crippen LogP contribution < -0.4 is 5.56 Å². The molecular formula is C20H23N3O. The fraction of sp³-hybridized carbons (Fsp3) is 0.300. The van der Waals surface area contributed by atoms with E-state index in [1.807, 2.05) is 32.3 Å². The van der Waals surface area contributed by atoms with Crippen molar-refractivity contribution in [3.63, 3.8) is 0 Å². The molecule has 4 heteroatoms. The molecule has 0 aliphatic rings. The third-order valence-corrected chi connectivity index (χ3v) is 4.35. The number of hydrogen-bond donors (Lipinski definition) is 1. The first kappa shape index (κ1) is 16.4. The maximum absolute atomic E-state index is 12.4. The van der Waals surface area contributed by atoms with Crippen LogP contribution in [0.4, 0.5) is 0 Å². The number of aryl methyl sites for hydroxylation is 3. The second-order valence-corrected chi connectivity index (χ2v) is 6.61. The highest BCUT2D eigenvalue weighted by molar-refractivity contribution is 5.82. The van der Waals surface area contributed by atoms with Crippen molar-refractivity contribution in [1.82, 2.24) is 14.9 Å². The number of H-pyrrole nitrogens is 1. The van der Waals surface area contributed by atoms with Crippen LogP contribution in [-0.2, 0) is 13.1 Å². The molecule has 0 fully saturated rings. The van der Waals surface area contributed by atoms with Gasteiger partial charge in [-0.1, -0.05) is 17.7 Å². The molecule has 0 aliphatic heterocycles. The van der Waals surface area contributed by atoms with Gasteiger partial charge in [-0.05, 0) is 62.5 Å². The van der Waals surface area contributed by atoms with Crippen LogP contribution in [0.5, 0.6) is 0 Å². The predicted molar refractivity (Wildman–Crippen MR) is 98.2 cm³/mol. The molecule has 1 N–H and O–H groups in total. The minimum Gasteiger partial charge on any atom is -0.321 e. The van der Waals surface area contributed by atoms with Crippen LogP contribution >= 0.6 is 0 Å². The Morgan fingerprint density at radius 1 is 1.08 bits per heavy atom. The van der Waals surface area contributed by atoms with Crippen LogP contribution in [0.25, 0.3) is 10.9 Å². The number of aromatic amines is 1. The molecule has 24 heavy (non-hydrogen) atoms. The van der Waals surface area contributed by atoms with Crippen molar-refractivity contribution >= 4 is 10.9 Å². The first-order chi connectivity index (χ1) is 11.4. The van der Waals surface area contributed by atoms with Gasteiger partial charge in [-0.15, -0.1) is 0 Å². The standard InChI is InChI=1S/C20H23N3O/c1-13-8-15(3)19-16(9-13)10-17(20(24)22-19)11-23(4)12-18-14(2)6-5-7-21-18/h5-10H,11-12H2,1-4H3,(H,22,24). The normalized spacial score (nSPS) is 11.4. The maximum atomic E-state index is 12.4. The van der Waals surface area contributed by atoms with E-state index in [2.05, 4.69) is 46.9 Å². The van der Waals surface area contributed by atoms with Crippen LogP contribution in [-0.4, -0.2) is 21.9 Å². The van der Waals surface area contributed by atoms with Crippen molar-refractivity contribution in [3.8, 4) is 0 Å². The summed E-state index contributed by atoms with van der Waals surface area (Å²) >= 11 is 0. The van der Waals surface area contributed by atoms with Gasteiger partial charge < -0.3 is 4.98 Å². The smallest absolute Gasteiger partial charge is 0.252 e. The molecule has 3 aromatic rings. The quantitative estimate of drug-likeness (QED) is 0.800. The highest BCUT2D eigenvalue weighted by Crippen LogP contribution is 2.18. The van der Waals surface area contributed by atoms with E-state index in [9.17, 15) is 4.79 Å². The molecule has 1 aromatic carbocycles. The van der Waals surface area contributed by atoms with Crippen LogP contribution in [0.2, 0.25) is 0 Å². The summed E-state index contributed by atoms with van der Waals surface area (Å²) in [4.78, 5) is 22.0. The molecule has 0 bridgehead atoms. The SMILES string of the molecule is Cc1cc(C)c2[nH]c(=O)c(CN(C)Cc3ncccc3C)cc2c1. The largest absolute Gasteiger partial charge is 0.321 e. The van der Waals surface area contributed by atoms with Crippen molar-refractivity contribution in [2.24, 2.45) is 0 Å². The minimum absolute atomic E-state index is 0.0148. The molecule has 124 valence electrons. The lowest BCUT2D eigenvalue weighted by Crippen LogP contribution is -2.24. The van der Waals surface area contributed by atoms with Gasteiger partial charge in [0.25, 0.3) is 5.56 Å². The number of fused-ring (bicyclic) bond motifs is 1. The van der Waals surface area contributed by atoms with E-state index in [0.29, 0.717) is 6.54 Å². The lowest BCUT2D eigenvalue weighted by molar-refractivity contribution is 0.313. The van der Waals surface area contributed by atoms with Crippen molar-refractivity contribution in [2.75, 3.05) is 7.05 Å². The van der Waals surface area contributed by atoms with Gasteiger partial charge in [0.1, 0.15) is 0 Å². The Bertz CT molecular complexity index is 943. The summed E-state index contributed by atoms with van der Waals surface area (Å²) in [7, 11) is 2.01. The molecule has 0 radical (unpaired) electrons. The number of nitrogens with zero attached hydrogens (tertiary/aromatic N) is 2. The first-order valence-corrected chi connectivity index (χ1v) is 8.16. The molecule has 0 atom stereocenters. The molecule has 4 nitrogen and oxygen atoms in total. The van der Waals surface area contributed by atoms with Gasteiger partial charge in [-0.25, -0.2) is 0 Å². The average Bonchev–Trinajstić information content (AvgIpc) is 2.51. The highest BCUT2D eigenvalue weighted by atomic mass is 16.1. The fourth-order valence-corrected chi connectivity index (χ4v) is 3.14. The number of pyridine rings is 2. The van der Waals surface area contributed by atoms with E-state index >= 15 is 0 Å². The van der Waals surface area contributed by atoms with E-state index in [1.54, 1.807) is 0 Å². The second-order valence-electron chi connectivity index (χ2n) is 6.61. The summed E-state index contributed by atoms with van der Waals surface area (Å²) in [6, 6.07) is 10.2. The zero-order valence-electron chi connectivity index (χ0n) is 14.7. The zero-order chi connectivity index (χ0) is 17.3. The molecular weight excluding hydrogens is 298 g/mol. The molecule has 2 heterocycles. The Morgan fingerprint density at radius 2 is 1.88 bits per heavy atom. The topological polar surface area (TPSA) is 49.0 Å². The van der Waals surface area contributed by atoms with Gasteiger partial charge in [0.2, 0.25) is 0 Å². The summed E-state index contributed by atoms with van der Waals surface area (Å²) in [5, 5.41) is 1.09. The monoisotopic (exact) mass is 321 g/mol. The van der Waals surface area contributed by atoms with Crippen LogP contribution in [0.15, 0.2) is 41.3 Å². The molecule has 0 saturated carbocycles. The second kappa shape index (κ2) is 6.57. The Labute approximate surface area is 142 Å². The Kier molecular flexibility index (Phi) is 4.49. The van der Waals surface area contributed by atoms with Crippen LogP contribution in [0, 0.1) is 20.8 Å². The van der Waals surface area contributed by atoms with Gasteiger partial charge in [-0.2, -0.15) is 0 Å². The van der Waals surface area contributed by atoms with E-state index in [0.717, 1.165) is 34.3 Å². The highest BCUT2D eigenvalue weighted by Gasteiger charge is 2.10. The van der Waals surface area contributed by atoms with E-state index in [1.165, 1.54) is 11.1 Å². The van der Waals surface area contributed by atoms with Gasteiger partial charge in [0.05, 0.1) is 11.2 Å².